The number of benzene rings is 1. The van der Waals surface area contributed by atoms with Gasteiger partial charge in [-0.25, -0.2) is 0 Å². The van der Waals surface area contributed by atoms with Crippen molar-refractivity contribution in [1.82, 2.24) is 4.90 Å². The van der Waals surface area contributed by atoms with E-state index >= 15 is 0 Å². The number of unbranched alkanes of at least 4 members (excludes halogenated alkanes) is 1. The Morgan fingerprint density at radius 3 is 2.39 bits per heavy atom. The standard InChI is InChI=1S/C19H31NO3/c1-7-8-12-20(17(21)13-19(2,3)4)14-15-10-9-11-16(22-5)18(15)23-6/h9-11H,7-8,12-14H2,1-6H3. The topological polar surface area (TPSA) is 38.8 Å². The summed E-state index contributed by atoms with van der Waals surface area (Å²) in [6.07, 6.45) is 2.61. The van der Waals surface area contributed by atoms with Crippen molar-refractivity contribution >= 4 is 5.91 Å². The van der Waals surface area contributed by atoms with E-state index < -0.39 is 0 Å². The van der Waals surface area contributed by atoms with Gasteiger partial charge in [-0.3, -0.25) is 4.79 Å². The predicted molar refractivity (Wildman–Crippen MR) is 93.9 cm³/mol. The zero-order chi connectivity index (χ0) is 17.5. The fraction of sp³-hybridized carbons (Fsp3) is 0.632. The molecule has 0 bridgehead atoms. The molecule has 1 aromatic rings. The van der Waals surface area contributed by atoms with Gasteiger partial charge in [0.1, 0.15) is 0 Å². The lowest BCUT2D eigenvalue weighted by atomic mass is 9.91. The number of rotatable bonds is 8. The Morgan fingerprint density at radius 2 is 1.87 bits per heavy atom. The Hall–Kier alpha value is -1.71. The highest BCUT2D eigenvalue weighted by atomic mass is 16.5. The van der Waals surface area contributed by atoms with E-state index in [-0.39, 0.29) is 11.3 Å². The second-order valence-corrected chi connectivity index (χ2v) is 7.06. The van der Waals surface area contributed by atoms with Crippen molar-refractivity contribution in [3.05, 3.63) is 23.8 Å². The minimum absolute atomic E-state index is 0.0139. The molecule has 0 aliphatic carbocycles. The van der Waals surface area contributed by atoms with Crippen LogP contribution in [0.15, 0.2) is 18.2 Å². The monoisotopic (exact) mass is 321 g/mol. The highest BCUT2D eigenvalue weighted by molar-refractivity contribution is 5.77. The molecular formula is C19H31NO3. The number of carbonyl (C=O) groups excluding carboxylic acids is 1. The fourth-order valence-electron chi connectivity index (χ4n) is 2.49. The van der Waals surface area contributed by atoms with Crippen LogP contribution >= 0.6 is 0 Å². The quantitative estimate of drug-likeness (QED) is 0.718. The van der Waals surface area contributed by atoms with Crippen LogP contribution in [0.5, 0.6) is 11.5 Å². The minimum atomic E-state index is -0.0139. The Labute approximate surface area is 140 Å². The van der Waals surface area contributed by atoms with Gasteiger partial charge in [-0.2, -0.15) is 0 Å². The molecular weight excluding hydrogens is 290 g/mol. The number of para-hydroxylation sites is 1. The number of amides is 1. The Bertz CT molecular complexity index is 506. The van der Waals surface area contributed by atoms with Crippen LogP contribution in [0.1, 0.15) is 52.5 Å². The molecule has 0 aliphatic heterocycles. The summed E-state index contributed by atoms with van der Waals surface area (Å²) < 4.78 is 10.8. The van der Waals surface area contributed by atoms with Crippen LogP contribution in [0.2, 0.25) is 0 Å². The summed E-state index contributed by atoms with van der Waals surface area (Å²) in [6.45, 7) is 9.73. The second kappa shape index (κ2) is 8.80. The number of methoxy groups -OCH3 is 2. The van der Waals surface area contributed by atoms with E-state index in [4.69, 9.17) is 9.47 Å². The van der Waals surface area contributed by atoms with Gasteiger partial charge in [-0.05, 0) is 17.9 Å². The van der Waals surface area contributed by atoms with E-state index in [0.29, 0.717) is 24.5 Å². The number of carbonyl (C=O) groups is 1. The molecule has 0 atom stereocenters. The van der Waals surface area contributed by atoms with E-state index in [9.17, 15) is 4.79 Å². The summed E-state index contributed by atoms with van der Waals surface area (Å²) >= 11 is 0. The van der Waals surface area contributed by atoms with Gasteiger partial charge in [0.2, 0.25) is 5.91 Å². The second-order valence-electron chi connectivity index (χ2n) is 7.06. The molecule has 0 spiro atoms. The largest absolute Gasteiger partial charge is 0.493 e. The molecule has 1 amide bonds. The Morgan fingerprint density at radius 1 is 1.17 bits per heavy atom. The van der Waals surface area contributed by atoms with Crippen molar-refractivity contribution in [1.29, 1.82) is 0 Å². The summed E-state index contributed by atoms with van der Waals surface area (Å²) in [4.78, 5) is 14.6. The highest BCUT2D eigenvalue weighted by Gasteiger charge is 2.22. The SMILES string of the molecule is CCCCN(Cc1cccc(OC)c1OC)C(=O)CC(C)(C)C. The highest BCUT2D eigenvalue weighted by Crippen LogP contribution is 2.32. The molecule has 1 aromatic carbocycles. The van der Waals surface area contributed by atoms with E-state index in [1.54, 1.807) is 14.2 Å². The normalized spacial score (nSPS) is 11.2. The molecule has 0 aromatic heterocycles. The number of hydrogen-bond donors (Lipinski definition) is 0. The van der Waals surface area contributed by atoms with Crippen molar-refractivity contribution in [2.45, 2.75) is 53.5 Å². The van der Waals surface area contributed by atoms with Crippen LogP contribution < -0.4 is 9.47 Å². The molecule has 4 heteroatoms. The van der Waals surface area contributed by atoms with Crippen LogP contribution in [0.3, 0.4) is 0 Å². The van der Waals surface area contributed by atoms with Gasteiger partial charge in [-0.1, -0.05) is 46.2 Å². The summed E-state index contributed by atoms with van der Waals surface area (Å²) in [5.74, 6) is 1.60. The molecule has 1 rings (SSSR count). The third-order valence-corrected chi connectivity index (χ3v) is 3.66. The molecule has 0 heterocycles. The molecule has 130 valence electrons. The zero-order valence-electron chi connectivity index (χ0n) is 15.4. The first kappa shape index (κ1) is 19.3. The minimum Gasteiger partial charge on any atom is -0.493 e. The van der Waals surface area contributed by atoms with Crippen LogP contribution in [-0.2, 0) is 11.3 Å². The van der Waals surface area contributed by atoms with Gasteiger partial charge in [0.15, 0.2) is 11.5 Å². The van der Waals surface area contributed by atoms with Gasteiger partial charge < -0.3 is 14.4 Å². The molecule has 0 unspecified atom stereocenters. The fourth-order valence-corrected chi connectivity index (χ4v) is 2.49. The first-order valence-corrected chi connectivity index (χ1v) is 8.30. The summed E-state index contributed by atoms with van der Waals surface area (Å²) in [5.41, 5.74) is 0.963. The smallest absolute Gasteiger partial charge is 0.223 e. The maximum atomic E-state index is 12.7. The number of ether oxygens (including phenoxy) is 2. The maximum Gasteiger partial charge on any atom is 0.223 e. The molecule has 0 saturated heterocycles. The van der Waals surface area contributed by atoms with Gasteiger partial charge in [0.05, 0.1) is 14.2 Å². The van der Waals surface area contributed by atoms with E-state index in [1.165, 1.54) is 0 Å². The zero-order valence-corrected chi connectivity index (χ0v) is 15.4. The Kier molecular flexibility index (Phi) is 7.40. The predicted octanol–water partition coefficient (Wildman–Crippen LogP) is 4.27. The molecule has 0 saturated carbocycles. The van der Waals surface area contributed by atoms with Gasteiger partial charge in [-0.15, -0.1) is 0 Å². The van der Waals surface area contributed by atoms with Crippen LogP contribution in [0, 0.1) is 5.41 Å². The molecule has 0 aliphatic rings. The van der Waals surface area contributed by atoms with E-state index in [2.05, 4.69) is 27.7 Å². The van der Waals surface area contributed by atoms with Gasteiger partial charge in [0.25, 0.3) is 0 Å². The molecule has 23 heavy (non-hydrogen) atoms. The van der Waals surface area contributed by atoms with Crippen molar-refractivity contribution in [3.8, 4) is 11.5 Å². The summed E-state index contributed by atoms with van der Waals surface area (Å²) in [5, 5.41) is 0. The van der Waals surface area contributed by atoms with Gasteiger partial charge >= 0.3 is 0 Å². The Balaban J connectivity index is 2.99. The van der Waals surface area contributed by atoms with E-state index in [1.807, 2.05) is 23.1 Å². The first-order chi connectivity index (χ1) is 10.8. The number of nitrogens with zero attached hydrogens (tertiary/aromatic N) is 1. The lowest BCUT2D eigenvalue weighted by molar-refractivity contribution is -0.133. The average molecular weight is 321 g/mol. The van der Waals surface area contributed by atoms with Crippen LogP contribution in [0.25, 0.3) is 0 Å². The van der Waals surface area contributed by atoms with Crippen LogP contribution in [0.4, 0.5) is 0 Å². The van der Waals surface area contributed by atoms with Crippen molar-refractivity contribution < 1.29 is 14.3 Å². The van der Waals surface area contributed by atoms with E-state index in [0.717, 1.165) is 24.9 Å². The maximum absolute atomic E-state index is 12.7. The summed E-state index contributed by atoms with van der Waals surface area (Å²) in [7, 11) is 3.26. The molecule has 0 radical (unpaired) electrons. The van der Waals surface area contributed by atoms with Crippen molar-refractivity contribution in [3.63, 3.8) is 0 Å². The average Bonchev–Trinajstić information content (AvgIpc) is 2.49. The third kappa shape index (κ3) is 6.12. The van der Waals surface area contributed by atoms with Crippen LogP contribution in [-0.4, -0.2) is 31.6 Å². The first-order valence-electron chi connectivity index (χ1n) is 8.30. The van der Waals surface area contributed by atoms with Gasteiger partial charge in [0, 0.05) is 25.1 Å². The van der Waals surface area contributed by atoms with Crippen molar-refractivity contribution in [2.75, 3.05) is 20.8 Å². The summed E-state index contributed by atoms with van der Waals surface area (Å²) in [6, 6.07) is 5.79. The molecule has 0 fully saturated rings. The third-order valence-electron chi connectivity index (χ3n) is 3.66. The lowest BCUT2D eigenvalue weighted by Crippen LogP contribution is -2.34. The lowest BCUT2D eigenvalue weighted by Gasteiger charge is -2.27. The number of hydrogen-bond acceptors (Lipinski definition) is 3. The van der Waals surface area contributed by atoms with Crippen molar-refractivity contribution in [2.24, 2.45) is 5.41 Å². The molecule has 0 N–H and O–H groups in total. The molecule has 4 nitrogen and oxygen atoms in total.